The maximum absolute atomic E-state index is 13.2. The zero-order valence-electron chi connectivity index (χ0n) is 16.0. The molecule has 0 aliphatic rings. The molecule has 0 aliphatic heterocycles. The number of hydrogen-bond donors (Lipinski definition) is 0. The molecule has 0 unspecified atom stereocenters. The van der Waals surface area contributed by atoms with Gasteiger partial charge in [0.25, 0.3) is 0 Å². The van der Waals surface area contributed by atoms with E-state index in [1.807, 2.05) is 0 Å². The van der Waals surface area contributed by atoms with E-state index >= 15 is 0 Å². The van der Waals surface area contributed by atoms with Gasteiger partial charge in [0, 0.05) is 24.3 Å². The van der Waals surface area contributed by atoms with Crippen LogP contribution in [0.15, 0.2) is 34.1 Å². The van der Waals surface area contributed by atoms with E-state index in [4.69, 9.17) is 28.4 Å². The van der Waals surface area contributed by atoms with E-state index in [0.717, 1.165) is 0 Å². The first-order valence-corrected chi connectivity index (χ1v) is 9.21. The van der Waals surface area contributed by atoms with E-state index in [1.165, 1.54) is 66.9 Å². The molecule has 0 saturated heterocycles. The fraction of sp³-hybridized carbons (Fsp3) is 0.333. The number of rotatable bonds is 8. The minimum absolute atomic E-state index is 0.0359. The highest BCUT2D eigenvalue weighted by molar-refractivity contribution is 7.91. The lowest BCUT2D eigenvalue weighted by atomic mass is 10.3. The molecule has 0 saturated carbocycles. The van der Waals surface area contributed by atoms with E-state index < -0.39 is 9.84 Å². The van der Waals surface area contributed by atoms with Crippen LogP contribution < -0.4 is 28.4 Å². The number of benzene rings is 2. The second-order valence-corrected chi connectivity index (χ2v) is 7.18. The fourth-order valence-electron chi connectivity index (χ4n) is 2.56. The van der Waals surface area contributed by atoms with Crippen LogP contribution in [0.4, 0.5) is 0 Å². The van der Waals surface area contributed by atoms with Crippen molar-refractivity contribution in [3.05, 3.63) is 24.3 Å². The lowest BCUT2D eigenvalue weighted by molar-refractivity contribution is 0.322. The van der Waals surface area contributed by atoms with Crippen LogP contribution in [0.25, 0.3) is 0 Å². The summed E-state index contributed by atoms with van der Waals surface area (Å²) in [5.41, 5.74) is 0. The fourth-order valence-corrected chi connectivity index (χ4v) is 3.88. The Morgan fingerprint density at radius 3 is 0.963 bits per heavy atom. The quantitative estimate of drug-likeness (QED) is 0.670. The Labute approximate surface area is 158 Å². The first kappa shape index (κ1) is 20.5. The summed E-state index contributed by atoms with van der Waals surface area (Å²) in [5.74, 6) is 1.49. The molecule has 2 aromatic rings. The van der Waals surface area contributed by atoms with Gasteiger partial charge in [0.05, 0.1) is 52.4 Å². The van der Waals surface area contributed by atoms with Crippen molar-refractivity contribution in [2.75, 3.05) is 42.7 Å². The van der Waals surface area contributed by atoms with E-state index in [2.05, 4.69) is 0 Å². The average molecular weight is 398 g/mol. The Morgan fingerprint density at radius 2 is 0.778 bits per heavy atom. The predicted molar refractivity (Wildman–Crippen MR) is 97.6 cm³/mol. The minimum Gasteiger partial charge on any atom is -0.493 e. The molecule has 2 aromatic carbocycles. The smallest absolute Gasteiger partial charge is 0.207 e. The SMILES string of the molecule is COc1cc(S(=O)(=O)c2cc(OC)c(OC)c(OC)c2)cc(OC)c1OC. The Morgan fingerprint density at radius 1 is 0.519 bits per heavy atom. The Kier molecular flexibility index (Phi) is 6.27. The lowest BCUT2D eigenvalue weighted by Gasteiger charge is -2.16. The van der Waals surface area contributed by atoms with Gasteiger partial charge in [-0.1, -0.05) is 0 Å². The molecule has 2 rings (SSSR count). The molecule has 27 heavy (non-hydrogen) atoms. The Balaban J connectivity index is 2.73. The van der Waals surface area contributed by atoms with Gasteiger partial charge in [-0.05, 0) is 0 Å². The summed E-state index contributed by atoms with van der Waals surface area (Å²) in [6.45, 7) is 0. The molecule has 0 N–H and O–H groups in total. The highest BCUT2D eigenvalue weighted by atomic mass is 32.2. The molecule has 0 amide bonds. The van der Waals surface area contributed by atoms with Gasteiger partial charge < -0.3 is 28.4 Å². The zero-order chi connectivity index (χ0) is 20.2. The lowest BCUT2D eigenvalue weighted by Crippen LogP contribution is -2.06. The number of sulfone groups is 1. The van der Waals surface area contributed by atoms with Crippen LogP contribution in [0, 0.1) is 0 Å². The van der Waals surface area contributed by atoms with Gasteiger partial charge in [0.15, 0.2) is 23.0 Å². The molecule has 0 radical (unpaired) electrons. The van der Waals surface area contributed by atoms with Crippen LogP contribution in [-0.4, -0.2) is 51.1 Å². The summed E-state index contributed by atoms with van der Waals surface area (Å²) in [6.07, 6.45) is 0. The van der Waals surface area contributed by atoms with Gasteiger partial charge >= 0.3 is 0 Å². The van der Waals surface area contributed by atoms with Crippen molar-refractivity contribution in [3.63, 3.8) is 0 Å². The monoisotopic (exact) mass is 398 g/mol. The van der Waals surface area contributed by atoms with E-state index in [9.17, 15) is 8.42 Å². The van der Waals surface area contributed by atoms with Gasteiger partial charge in [0.1, 0.15) is 0 Å². The highest BCUT2D eigenvalue weighted by Gasteiger charge is 2.26. The van der Waals surface area contributed by atoms with E-state index in [0.29, 0.717) is 11.5 Å². The zero-order valence-corrected chi connectivity index (χ0v) is 16.8. The molecular formula is C18H22O8S. The van der Waals surface area contributed by atoms with Gasteiger partial charge in [-0.2, -0.15) is 0 Å². The molecule has 0 heterocycles. The molecule has 0 fully saturated rings. The molecule has 9 heteroatoms. The molecule has 148 valence electrons. The average Bonchev–Trinajstić information content (AvgIpc) is 2.70. The first-order valence-electron chi connectivity index (χ1n) is 7.73. The van der Waals surface area contributed by atoms with Crippen molar-refractivity contribution in [2.45, 2.75) is 9.79 Å². The molecule has 8 nitrogen and oxygen atoms in total. The van der Waals surface area contributed by atoms with Gasteiger partial charge in [-0.25, -0.2) is 8.42 Å². The third-order valence-corrected chi connectivity index (χ3v) is 5.61. The van der Waals surface area contributed by atoms with Crippen LogP contribution >= 0.6 is 0 Å². The van der Waals surface area contributed by atoms with Crippen molar-refractivity contribution in [3.8, 4) is 34.5 Å². The van der Waals surface area contributed by atoms with Crippen molar-refractivity contribution in [2.24, 2.45) is 0 Å². The van der Waals surface area contributed by atoms with Gasteiger partial charge in [0.2, 0.25) is 21.3 Å². The summed E-state index contributed by atoms with van der Waals surface area (Å²) < 4.78 is 57.8. The first-order chi connectivity index (χ1) is 12.9. The molecule has 0 atom stereocenters. The van der Waals surface area contributed by atoms with Gasteiger partial charge in [-0.15, -0.1) is 0 Å². The summed E-state index contributed by atoms with van der Waals surface area (Å²) in [6, 6.07) is 5.44. The maximum atomic E-state index is 13.2. The third kappa shape index (κ3) is 3.68. The number of methoxy groups -OCH3 is 6. The second-order valence-electron chi connectivity index (χ2n) is 5.23. The summed E-state index contributed by atoms with van der Waals surface area (Å²) in [4.78, 5) is -0.0717. The number of ether oxygens (including phenoxy) is 6. The van der Waals surface area contributed by atoms with E-state index in [1.54, 1.807) is 0 Å². The molecular weight excluding hydrogens is 376 g/mol. The largest absolute Gasteiger partial charge is 0.493 e. The van der Waals surface area contributed by atoms with Crippen molar-refractivity contribution in [1.29, 1.82) is 0 Å². The highest BCUT2D eigenvalue weighted by Crippen LogP contribution is 2.43. The topological polar surface area (TPSA) is 89.5 Å². The predicted octanol–water partition coefficient (Wildman–Crippen LogP) is 2.57. The van der Waals surface area contributed by atoms with Crippen LogP contribution in [0.2, 0.25) is 0 Å². The summed E-state index contributed by atoms with van der Waals surface area (Å²) in [7, 11) is 4.57. The summed E-state index contributed by atoms with van der Waals surface area (Å²) >= 11 is 0. The second kappa shape index (κ2) is 8.26. The molecule has 0 spiro atoms. The number of hydrogen-bond acceptors (Lipinski definition) is 8. The normalized spacial score (nSPS) is 10.9. The Bertz CT molecular complexity index is 801. The third-order valence-electron chi connectivity index (χ3n) is 3.90. The summed E-state index contributed by atoms with van der Waals surface area (Å²) in [5, 5.41) is 0. The van der Waals surface area contributed by atoms with Crippen LogP contribution in [-0.2, 0) is 9.84 Å². The van der Waals surface area contributed by atoms with Crippen molar-refractivity contribution in [1.82, 2.24) is 0 Å². The van der Waals surface area contributed by atoms with Crippen LogP contribution in [0.3, 0.4) is 0 Å². The van der Waals surface area contributed by atoms with Crippen LogP contribution in [0.5, 0.6) is 34.5 Å². The van der Waals surface area contributed by atoms with Crippen LogP contribution in [0.1, 0.15) is 0 Å². The standard InChI is InChI=1S/C18H22O8S/c1-21-13-7-11(8-14(22-2)17(13)25-5)27(19,20)12-9-15(23-3)18(26-6)16(10-12)24-4/h7-10H,1-6H3. The van der Waals surface area contributed by atoms with Crippen molar-refractivity contribution >= 4 is 9.84 Å². The Hall–Kier alpha value is -2.81. The molecule has 0 aromatic heterocycles. The minimum atomic E-state index is -3.95. The van der Waals surface area contributed by atoms with Gasteiger partial charge in [-0.3, -0.25) is 0 Å². The van der Waals surface area contributed by atoms with E-state index in [-0.39, 0.29) is 32.8 Å². The molecule has 0 aliphatic carbocycles. The van der Waals surface area contributed by atoms with Crippen molar-refractivity contribution < 1.29 is 36.8 Å². The molecule has 0 bridgehead atoms. The maximum Gasteiger partial charge on any atom is 0.207 e.